The van der Waals surface area contributed by atoms with Crippen molar-refractivity contribution in [3.63, 3.8) is 0 Å². The van der Waals surface area contributed by atoms with Crippen LogP contribution in [0.1, 0.15) is 25.8 Å². The fourth-order valence-electron chi connectivity index (χ4n) is 3.12. The Morgan fingerprint density at radius 1 is 1.39 bits per heavy atom. The van der Waals surface area contributed by atoms with E-state index in [0.29, 0.717) is 13.2 Å². The van der Waals surface area contributed by atoms with Crippen molar-refractivity contribution in [3.05, 3.63) is 29.8 Å². The summed E-state index contributed by atoms with van der Waals surface area (Å²) in [7, 11) is 1.65. The van der Waals surface area contributed by atoms with Gasteiger partial charge in [-0.3, -0.25) is 9.69 Å². The maximum atomic E-state index is 12.7. The van der Waals surface area contributed by atoms with E-state index in [1.807, 2.05) is 12.1 Å². The van der Waals surface area contributed by atoms with Gasteiger partial charge in [-0.1, -0.05) is 26.0 Å². The molecule has 1 unspecified atom stereocenters. The first kappa shape index (κ1) is 17.9. The lowest BCUT2D eigenvalue weighted by Gasteiger charge is -2.26. The standard InChI is InChI=1S/C18H29N3O2/c1-4-21(5-2)12-15-7-6-8-16(11-15)20-17(22)18(14-23-3)9-10-19-13-18/h6-8,11,19H,4-5,9-10,12-14H2,1-3H3,(H,20,22). The monoisotopic (exact) mass is 319 g/mol. The molecule has 23 heavy (non-hydrogen) atoms. The second kappa shape index (κ2) is 8.43. The first-order valence-corrected chi connectivity index (χ1v) is 8.46. The first-order valence-electron chi connectivity index (χ1n) is 8.46. The van der Waals surface area contributed by atoms with Crippen molar-refractivity contribution >= 4 is 11.6 Å². The lowest BCUT2D eigenvalue weighted by Crippen LogP contribution is -2.41. The molecule has 1 aliphatic heterocycles. The summed E-state index contributed by atoms with van der Waals surface area (Å²) in [6.45, 7) is 9.26. The zero-order valence-corrected chi connectivity index (χ0v) is 14.5. The third kappa shape index (κ3) is 4.53. The summed E-state index contributed by atoms with van der Waals surface area (Å²) in [6, 6.07) is 8.13. The third-order valence-electron chi connectivity index (χ3n) is 4.63. The molecule has 128 valence electrons. The smallest absolute Gasteiger partial charge is 0.234 e. The van der Waals surface area contributed by atoms with Gasteiger partial charge in [0, 0.05) is 25.9 Å². The van der Waals surface area contributed by atoms with Crippen LogP contribution in [0.2, 0.25) is 0 Å². The number of anilines is 1. The van der Waals surface area contributed by atoms with Crippen molar-refractivity contribution in [2.24, 2.45) is 5.41 Å². The molecule has 1 aromatic rings. The van der Waals surface area contributed by atoms with Gasteiger partial charge in [-0.05, 0) is 43.8 Å². The maximum absolute atomic E-state index is 12.7. The Kier molecular flexibility index (Phi) is 6.57. The van der Waals surface area contributed by atoms with E-state index in [0.717, 1.165) is 38.3 Å². The molecule has 2 N–H and O–H groups in total. The fourth-order valence-corrected chi connectivity index (χ4v) is 3.12. The van der Waals surface area contributed by atoms with Crippen molar-refractivity contribution in [1.82, 2.24) is 10.2 Å². The predicted octanol–water partition coefficient (Wildman–Crippen LogP) is 2.09. The summed E-state index contributed by atoms with van der Waals surface area (Å²) < 4.78 is 5.29. The molecule has 0 bridgehead atoms. The minimum Gasteiger partial charge on any atom is -0.384 e. The molecule has 1 aromatic carbocycles. The lowest BCUT2D eigenvalue weighted by molar-refractivity contribution is -0.127. The Bertz CT molecular complexity index is 509. The minimum absolute atomic E-state index is 0.0457. The highest BCUT2D eigenvalue weighted by atomic mass is 16.5. The zero-order chi connectivity index (χ0) is 16.7. The molecule has 2 rings (SSSR count). The molecule has 0 radical (unpaired) electrons. The highest BCUT2D eigenvalue weighted by Gasteiger charge is 2.41. The van der Waals surface area contributed by atoms with E-state index in [1.165, 1.54) is 5.56 Å². The molecule has 0 spiro atoms. The van der Waals surface area contributed by atoms with Gasteiger partial charge in [0.05, 0.1) is 12.0 Å². The van der Waals surface area contributed by atoms with Crippen molar-refractivity contribution < 1.29 is 9.53 Å². The first-order chi connectivity index (χ1) is 11.1. The number of carbonyl (C=O) groups excluding carboxylic acids is 1. The quantitative estimate of drug-likeness (QED) is 0.770. The Labute approximate surface area is 139 Å². The topological polar surface area (TPSA) is 53.6 Å². The highest BCUT2D eigenvalue weighted by molar-refractivity contribution is 5.96. The fraction of sp³-hybridized carbons (Fsp3) is 0.611. The van der Waals surface area contributed by atoms with E-state index in [9.17, 15) is 4.79 Å². The van der Waals surface area contributed by atoms with Gasteiger partial charge in [0.2, 0.25) is 5.91 Å². The molecule has 0 saturated carbocycles. The van der Waals surface area contributed by atoms with Crippen molar-refractivity contribution in [2.75, 3.05) is 45.2 Å². The molecule has 1 atom stereocenters. The van der Waals surface area contributed by atoms with Gasteiger partial charge in [-0.2, -0.15) is 0 Å². The van der Waals surface area contributed by atoms with Crippen LogP contribution in [0.15, 0.2) is 24.3 Å². The molecule has 5 nitrogen and oxygen atoms in total. The van der Waals surface area contributed by atoms with Gasteiger partial charge >= 0.3 is 0 Å². The lowest BCUT2D eigenvalue weighted by atomic mass is 9.87. The SMILES string of the molecule is CCN(CC)Cc1cccc(NC(=O)C2(COC)CCNC2)c1. The second-order valence-corrected chi connectivity index (χ2v) is 6.26. The van der Waals surface area contributed by atoms with Crippen LogP contribution in [0.5, 0.6) is 0 Å². The van der Waals surface area contributed by atoms with Crippen molar-refractivity contribution in [3.8, 4) is 0 Å². The van der Waals surface area contributed by atoms with Gasteiger partial charge in [0.15, 0.2) is 0 Å². The van der Waals surface area contributed by atoms with Crippen LogP contribution in [0.3, 0.4) is 0 Å². The maximum Gasteiger partial charge on any atom is 0.234 e. The average molecular weight is 319 g/mol. The predicted molar refractivity (Wildman–Crippen MR) is 93.5 cm³/mol. The van der Waals surface area contributed by atoms with E-state index in [2.05, 4.69) is 41.5 Å². The number of methoxy groups -OCH3 is 1. The van der Waals surface area contributed by atoms with Gasteiger partial charge in [0.1, 0.15) is 0 Å². The van der Waals surface area contributed by atoms with Crippen LogP contribution in [-0.2, 0) is 16.1 Å². The number of ether oxygens (including phenoxy) is 1. The van der Waals surface area contributed by atoms with Crippen molar-refractivity contribution in [2.45, 2.75) is 26.8 Å². The number of amides is 1. The summed E-state index contributed by atoms with van der Waals surface area (Å²) in [5.74, 6) is 0.0457. The molecule has 1 saturated heterocycles. The number of carbonyl (C=O) groups is 1. The summed E-state index contributed by atoms with van der Waals surface area (Å²) in [5.41, 5.74) is 1.63. The molecule has 0 aromatic heterocycles. The van der Waals surface area contributed by atoms with Crippen LogP contribution >= 0.6 is 0 Å². The number of rotatable bonds is 8. The van der Waals surface area contributed by atoms with Crippen LogP contribution in [0, 0.1) is 5.41 Å². The Hall–Kier alpha value is -1.43. The van der Waals surface area contributed by atoms with E-state index in [1.54, 1.807) is 7.11 Å². The summed E-state index contributed by atoms with van der Waals surface area (Å²) in [5, 5.41) is 6.35. The summed E-state index contributed by atoms with van der Waals surface area (Å²) in [6.07, 6.45) is 0.811. The second-order valence-electron chi connectivity index (χ2n) is 6.26. The molecule has 1 amide bonds. The number of hydrogen-bond donors (Lipinski definition) is 2. The van der Waals surface area contributed by atoms with Gasteiger partial charge < -0.3 is 15.4 Å². The largest absolute Gasteiger partial charge is 0.384 e. The molecule has 5 heteroatoms. The van der Waals surface area contributed by atoms with Gasteiger partial charge in [-0.25, -0.2) is 0 Å². The van der Waals surface area contributed by atoms with Crippen LogP contribution < -0.4 is 10.6 Å². The third-order valence-corrected chi connectivity index (χ3v) is 4.63. The minimum atomic E-state index is -0.455. The number of nitrogens with one attached hydrogen (secondary N) is 2. The van der Waals surface area contributed by atoms with Crippen LogP contribution in [0.4, 0.5) is 5.69 Å². The van der Waals surface area contributed by atoms with E-state index >= 15 is 0 Å². The molecule has 0 aliphatic carbocycles. The summed E-state index contributed by atoms with van der Waals surface area (Å²) in [4.78, 5) is 15.1. The number of benzene rings is 1. The normalized spacial score (nSPS) is 20.9. The summed E-state index contributed by atoms with van der Waals surface area (Å²) >= 11 is 0. The zero-order valence-electron chi connectivity index (χ0n) is 14.5. The number of hydrogen-bond acceptors (Lipinski definition) is 4. The molecule has 1 fully saturated rings. The van der Waals surface area contributed by atoms with E-state index in [4.69, 9.17) is 4.74 Å². The van der Waals surface area contributed by atoms with Gasteiger partial charge in [-0.15, -0.1) is 0 Å². The molecular weight excluding hydrogens is 290 g/mol. The Morgan fingerprint density at radius 2 is 2.17 bits per heavy atom. The Balaban J connectivity index is 2.06. The van der Waals surface area contributed by atoms with Crippen LogP contribution in [0.25, 0.3) is 0 Å². The highest BCUT2D eigenvalue weighted by Crippen LogP contribution is 2.28. The van der Waals surface area contributed by atoms with Gasteiger partial charge in [0.25, 0.3) is 0 Å². The number of nitrogens with zero attached hydrogens (tertiary/aromatic N) is 1. The van der Waals surface area contributed by atoms with Crippen molar-refractivity contribution in [1.29, 1.82) is 0 Å². The van der Waals surface area contributed by atoms with E-state index in [-0.39, 0.29) is 5.91 Å². The molecule has 1 heterocycles. The molecule has 1 aliphatic rings. The molecular formula is C18H29N3O2. The average Bonchev–Trinajstić information content (AvgIpc) is 3.03. The van der Waals surface area contributed by atoms with E-state index < -0.39 is 5.41 Å². The van der Waals surface area contributed by atoms with Crippen LogP contribution in [-0.4, -0.2) is 50.7 Å². The Morgan fingerprint density at radius 3 is 2.78 bits per heavy atom.